The largest absolute Gasteiger partial charge is 0.495 e. The van der Waals surface area contributed by atoms with Crippen molar-refractivity contribution < 1.29 is 9.53 Å². The van der Waals surface area contributed by atoms with E-state index in [0.29, 0.717) is 6.54 Å². The van der Waals surface area contributed by atoms with Gasteiger partial charge in [-0.25, -0.2) is 4.99 Å². The number of carbonyl (C=O) groups excluding carboxylic acids is 1. The van der Waals surface area contributed by atoms with Crippen molar-refractivity contribution in [2.24, 2.45) is 4.99 Å². The second-order valence-electron chi connectivity index (χ2n) is 7.40. The van der Waals surface area contributed by atoms with Crippen molar-refractivity contribution in [3.8, 4) is 5.75 Å². The van der Waals surface area contributed by atoms with Crippen LogP contribution in [0.3, 0.4) is 0 Å². The van der Waals surface area contributed by atoms with E-state index in [1.54, 1.807) is 7.11 Å². The fourth-order valence-electron chi connectivity index (χ4n) is 3.67. The average Bonchev–Trinajstić information content (AvgIpc) is 2.82. The van der Waals surface area contributed by atoms with Crippen LogP contribution in [0.2, 0.25) is 0 Å². The van der Waals surface area contributed by atoms with Gasteiger partial charge in [0.2, 0.25) is 5.91 Å². The highest BCUT2D eigenvalue weighted by Crippen LogP contribution is 2.28. The Morgan fingerprint density at radius 2 is 1.71 bits per heavy atom. The maximum atomic E-state index is 12.2. The van der Waals surface area contributed by atoms with Gasteiger partial charge in [-0.3, -0.25) is 4.79 Å². The smallest absolute Gasteiger partial charge is 0.241 e. The Labute approximate surface area is 185 Å². The van der Waals surface area contributed by atoms with Gasteiger partial charge in [0.05, 0.1) is 12.8 Å². The molecule has 2 aromatic rings. The minimum absolute atomic E-state index is 0.0565. The molecule has 7 nitrogen and oxygen atoms in total. The normalized spacial score (nSPS) is 14.3. The molecule has 1 fully saturated rings. The van der Waals surface area contributed by atoms with Crippen LogP contribution in [-0.2, 0) is 11.2 Å². The summed E-state index contributed by atoms with van der Waals surface area (Å²) in [5.41, 5.74) is 2.33. The second-order valence-corrected chi connectivity index (χ2v) is 7.40. The van der Waals surface area contributed by atoms with Gasteiger partial charge < -0.3 is 25.2 Å². The highest BCUT2D eigenvalue weighted by molar-refractivity contribution is 5.85. The number of carbonyl (C=O) groups is 1. The van der Waals surface area contributed by atoms with Gasteiger partial charge >= 0.3 is 0 Å². The van der Waals surface area contributed by atoms with Gasteiger partial charge in [-0.2, -0.15) is 0 Å². The third-order valence-corrected chi connectivity index (χ3v) is 5.29. The number of nitrogens with zero attached hydrogens (tertiary/aromatic N) is 3. The third-order valence-electron chi connectivity index (χ3n) is 5.29. The van der Waals surface area contributed by atoms with Gasteiger partial charge in [-0.15, -0.1) is 0 Å². The zero-order chi connectivity index (χ0) is 21.9. The van der Waals surface area contributed by atoms with Crippen LogP contribution in [0.25, 0.3) is 0 Å². The SMILES string of the molecule is CCNC(=NCC(=O)NCCc1ccccc1)N1CCN(c2ccccc2OC)CC1. The van der Waals surface area contributed by atoms with Crippen LogP contribution in [-0.4, -0.2) is 69.7 Å². The maximum Gasteiger partial charge on any atom is 0.241 e. The van der Waals surface area contributed by atoms with Crippen LogP contribution in [0.1, 0.15) is 12.5 Å². The van der Waals surface area contributed by atoms with E-state index in [9.17, 15) is 4.79 Å². The monoisotopic (exact) mass is 423 g/mol. The molecule has 0 aromatic heterocycles. The number of hydrogen-bond acceptors (Lipinski definition) is 4. The molecule has 0 bridgehead atoms. The number of rotatable bonds is 8. The van der Waals surface area contributed by atoms with Gasteiger partial charge in [0.15, 0.2) is 5.96 Å². The number of amides is 1. The molecule has 1 aliphatic heterocycles. The second kappa shape index (κ2) is 11.8. The highest BCUT2D eigenvalue weighted by Gasteiger charge is 2.21. The molecule has 0 aliphatic carbocycles. The van der Waals surface area contributed by atoms with Crippen LogP contribution in [0.15, 0.2) is 59.6 Å². The number of para-hydroxylation sites is 2. The summed E-state index contributed by atoms with van der Waals surface area (Å²) in [5.74, 6) is 1.63. The molecule has 3 rings (SSSR count). The van der Waals surface area contributed by atoms with Gasteiger partial charge in [0, 0.05) is 39.3 Å². The number of guanidine groups is 1. The first-order valence-electron chi connectivity index (χ1n) is 10.9. The van der Waals surface area contributed by atoms with Crippen molar-refractivity contribution in [2.45, 2.75) is 13.3 Å². The zero-order valence-electron chi connectivity index (χ0n) is 18.5. The number of piperazine rings is 1. The number of anilines is 1. The van der Waals surface area contributed by atoms with Gasteiger partial charge in [0.25, 0.3) is 0 Å². The fourth-order valence-corrected chi connectivity index (χ4v) is 3.67. The van der Waals surface area contributed by atoms with Crippen LogP contribution in [0.5, 0.6) is 5.75 Å². The minimum atomic E-state index is -0.0565. The molecule has 0 atom stereocenters. The van der Waals surface area contributed by atoms with Crippen LogP contribution >= 0.6 is 0 Å². The highest BCUT2D eigenvalue weighted by atomic mass is 16.5. The van der Waals surface area contributed by atoms with E-state index in [0.717, 1.165) is 56.5 Å². The number of ether oxygens (including phenoxy) is 1. The summed E-state index contributed by atoms with van der Waals surface area (Å²) in [5, 5.41) is 6.28. The molecule has 0 unspecified atom stereocenters. The first-order valence-corrected chi connectivity index (χ1v) is 10.9. The first-order chi connectivity index (χ1) is 15.2. The van der Waals surface area contributed by atoms with Gasteiger partial charge in [-0.05, 0) is 31.0 Å². The number of nitrogens with one attached hydrogen (secondary N) is 2. The molecule has 2 N–H and O–H groups in total. The number of benzene rings is 2. The summed E-state index contributed by atoms with van der Waals surface area (Å²) in [6.07, 6.45) is 0.821. The average molecular weight is 424 g/mol. The maximum absolute atomic E-state index is 12.2. The third kappa shape index (κ3) is 6.64. The topological polar surface area (TPSA) is 69.2 Å². The molecule has 31 heavy (non-hydrogen) atoms. The molecule has 1 saturated heterocycles. The van der Waals surface area contributed by atoms with Crippen molar-refractivity contribution in [1.82, 2.24) is 15.5 Å². The summed E-state index contributed by atoms with van der Waals surface area (Å²) in [6.45, 7) is 6.96. The molecule has 1 heterocycles. The molecule has 166 valence electrons. The molecular weight excluding hydrogens is 390 g/mol. The molecule has 0 spiro atoms. The lowest BCUT2D eigenvalue weighted by Gasteiger charge is -2.38. The van der Waals surface area contributed by atoms with Gasteiger partial charge in [-0.1, -0.05) is 42.5 Å². The van der Waals surface area contributed by atoms with E-state index < -0.39 is 0 Å². The molecule has 1 amide bonds. The van der Waals surface area contributed by atoms with Crippen molar-refractivity contribution >= 4 is 17.6 Å². The van der Waals surface area contributed by atoms with E-state index in [-0.39, 0.29) is 12.5 Å². The zero-order valence-corrected chi connectivity index (χ0v) is 18.5. The molecule has 7 heteroatoms. The van der Waals surface area contributed by atoms with Crippen LogP contribution < -0.4 is 20.3 Å². The molecule has 0 radical (unpaired) electrons. The van der Waals surface area contributed by atoms with Gasteiger partial charge in [0.1, 0.15) is 12.3 Å². The van der Waals surface area contributed by atoms with Crippen LogP contribution in [0.4, 0.5) is 5.69 Å². The van der Waals surface area contributed by atoms with Crippen LogP contribution in [0, 0.1) is 0 Å². The van der Waals surface area contributed by atoms with E-state index in [1.165, 1.54) is 5.56 Å². The lowest BCUT2D eigenvalue weighted by Crippen LogP contribution is -2.52. The molecule has 2 aromatic carbocycles. The van der Waals surface area contributed by atoms with Crippen molar-refractivity contribution in [3.63, 3.8) is 0 Å². The predicted octanol–water partition coefficient (Wildman–Crippen LogP) is 2.14. The molecular formula is C24H33N5O2. The van der Waals surface area contributed by atoms with E-state index in [2.05, 4.69) is 43.6 Å². The minimum Gasteiger partial charge on any atom is -0.495 e. The Hall–Kier alpha value is -3.22. The summed E-state index contributed by atoms with van der Waals surface area (Å²) < 4.78 is 5.50. The Kier molecular flexibility index (Phi) is 8.58. The fraction of sp³-hybridized carbons (Fsp3) is 0.417. The predicted molar refractivity (Wildman–Crippen MR) is 126 cm³/mol. The number of methoxy groups -OCH3 is 1. The lowest BCUT2D eigenvalue weighted by atomic mass is 10.1. The number of aliphatic imine (C=N–C) groups is 1. The van der Waals surface area contributed by atoms with Crippen molar-refractivity contribution in [2.75, 3.05) is 57.8 Å². The Balaban J connectivity index is 1.49. The van der Waals surface area contributed by atoms with Crippen molar-refractivity contribution in [3.05, 3.63) is 60.2 Å². The standard InChI is InChI=1S/C24H33N5O2/c1-3-25-24(27-19-23(30)26-14-13-20-9-5-4-6-10-20)29-17-15-28(16-18-29)21-11-7-8-12-22(21)31-2/h4-12H,3,13-19H2,1-2H3,(H,25,27)(H,26,30). The summed E-state index contributed by atoms with van der Waals surface area (Å²) in [6, 6.07) is 18.3. The molecule has 0 saturated carbocycles. The Morgan fingerprint density at radius 3 is 2.42 bits per heavy atom. The van der Waals surface area contributed by atoms with E-state index in [1.807, 2.05) is 43.3 Å². The van der Waals surface area contributed by atoms with Crippen molar-refractivity contribution in [1.29, 1.82) is 0 Å². The lowest BCUT2D eigenvalue weighted by molar-refractivity contribution is -0.119. The Morgan fingerprint density at radius 1 is 1.00 bits per heavy atom. The number of hydrogen-bond donors (Lipinski definition) is 2. The quantitative estimate of drug-likeness (QED) is 0.503. The summed E-state index contributed by atoms with van der Waals surface area (Å²) in [7, 11) is 1.70. The van der Waals surface area contributed by atoms with E-state index in [4.69, 9.17) is 4.74 Å². The molecule has 1 aliphatic rings. The summed E-state index contributed by atoms with van der Waals surface area (Å²) >= 11 is 0. The Bertz CT molecular complexity index is 848. The van der Waals surface area contributed by atoms with E-state index >= 15 is 0 Å². The first kappa shape index (κ1) is 22.5. The summed E-state index contributed by atoms with van der Waals surface area (Å²) in [4.78, 5) is 21.4.